The van der Waals surface area contributed by atoms with Gasteiger partial charge in [0.05, 0.1) is 30.7 Å². The molecule has 0 aromatic heterocycles. The van der Waals surface area contributed by atoms with E-state index >= 15 is 0 Å². The second-order valence-electron chi connectivity index (χ2n) is 5.20. The number of benzene rings is 2. The van der Waals surface area contributed by atoms with Gasteiger partial charge in [-0.3, -0.25) is 0 Å². The first-order valence-electron chi connectivity index (χ1n) is 7.08. The van der Waals surface area contributed by atoms with E-state index in [4.69, 9.17) is 9.47 Å². The van der Waals surface area contributed by atoms with E-state index in [2.05, 4.69) is 23.3 Å². The molecule has 110 valence electrons. The third-order valence-corrected chi connectivity index (χ3v) is 3.76. The molecule has 1 aliphatic rings. The predicted molar refractivity (Wildman–Crippen MR) is 86.2 cm³/mol. The maximum absolute atomic E-state index is 5.86. The van der Waals surface area contributed by atoms with Crippen LogP contribution in [0.2, 0.25) is 0 Å². The summed E-state index contributed by atoms with van der Waals surface area (Å²) in [7, 11) is 3.77. The van der Waals surface area contributed by atoms with E-state index in [-0.39, 0.29) is 0 Å². The summed E-state index contributed by atoms with van der Waals surface area (Å²) in [6, 6.07) is 12.2. The number of anilines is 3. The van der Waals surface area contributed by atoms with Crippen LogP contribution in [0.4, 0.5) is 17.1 Å². The summed E-state index contributed by atoms with van der Waals surface area (Å²) in [4.78, 5) is 2.21. The van der Waals surface area contributed by atoms with E-state index < -0.39 is 0 Å². The molecule has 1 aliphatic heterocycles. The Morgan fingerprint density at radius 2 is 1.90 bits per heavy atom. The molecule has 2 aromatic rings. The smallest absolute Gasteiger partial charge is 0.166 e. The SMILES string of the molecule is COc1c(C)cccc1Nc1cccc2c1OCCN2C. The molecule has 1 N–H and O–H groups in total. The van der Waals surface area contributed by atoms with Crippen LogP contribution in [0.3, 0.4) is 0 Å². The first-order chi connectivity index (χ1) is 10.2. The molecule has 0 bridgehead atoms. The van der Waals surface area contributed by atoms with Crippen LogP contribution in [-0.4, -0.2) is 27.3 Å². The molecular formula is C17H20N2O2. The van der Waals surface area contributed by atoms with Crippen molar-refractivity contribution in [3.8, 4) is 11.5 Å². The lowest BCUT2D eigenvalue weighted by molar-refractivity contribution is 0.313. The first-order valence-corrected chi connectivity index (χ1v) is 7.08. The van der Waals surface area contributed by atoms with Gasteiger partial charge in [-0.15, -0.1) is 0 Å². The van der Waals surface area contributed by atoms with Gasteiger partial charge < -0.3 is 19.7 Å². The second kappa shape index (κ2) is 5.56. The van der Waals surface area contributed by atoms with Gasteiger partial charge in [0.25, 0.3) is 0 Å². The Labute approximate surface area is 125 Å². The van der Waals surface area contributed by atoms with Gasteiger partial charge >= 0.3 is 0 Å². The number of likely N-dealkylation sites (N-methyl/N-ethyl adjacent to an activating group) is 1. The molecule has 0 saturated carbocycles. The molecule has 0 saturated heterocycles. The third-order valence-electron chi connectivity index (χ3n) is 3.76. The van der Waals surface area contributed by atoms with Crippen LogP contribution < -0.4 is 19.7 Å². The Balaban J connectivity index is 2.00. The monoisotopic (exact) mass is 284 g/mol. The molecule has 0 spiro atoms. The summed E-state index contributed by atoms with van der Waals surface area (Å²) in [6.07, 6.45) is 0. The molecule has 21 heavy (non-hydrogen) atoms. The molecule has 1 heterocycles. The van der Waals surface area contributed by atoms with Crippen molar-refractivity contribution in [3.63, 3.8) is 0 Å². The lowest BCUT2D eigenvalue weighted by Gasteiger charge is -2.29. The number of ether oxygens (including phenoxy) is 2. The topological polar surface area (TPSA) is 33.7 Å². The van der Waals surface area contributed by atoms with Crippen molar-refractivity contribution in [3.05, 3.63) is 42.0 Å². The average molecular weight is 284 g/mol. The van der Waals surface area contributed by atoms with Gasteiger partial charge in [0.1, 0.15) is 12.4 Å². The van der Waals surface area contributed by atoms with Crippen molar-refractivity contribution in [2.24, 2.45) is 0 Å². The minimum absolute atomic E-state index is 0.702. The molecule has 2 aromatic carbocycles. The second-order valence-corrected chi connectivity index (χ2v) is 5.20. The molecule has 0 fully saturated rings. The van der Waals surface area contributed by atoms with E-state index in [1.165, 1.54) is 0 Å². The Kier molecular flexibility index (Phi) is 3.60. The molecule has 4 nitrogen and oxygen atoms in total. The number of para-hydroxylation sites is 2. The van der Waals surface area contributed by atoms with Crippen LogP contribution in [0.5, 0.6) is 11.5 Å². The number of methoxy groups -OCH3 is 1. The Hall–Kier alpha value is -2.36. The highest BCUT2D eigenvalue weighted by Crippen LogP contribution is 2.40. The minimum Gasteiger partial charge on any atom is -0.494 e. The lowest BCUT2D eigenvalue weighted by atomic mass is 10.1. The van der Waals surface area contributed by atoms with Gasteiger partial charge in [0.2, 0.25) is 0 Å². The van der Waals surface area contributed by atoms with Crippen LogP contribution in [0.1, 0.15) is 5.56 Å². The van der Waals surface area contributed by atoms with Crippen LogP contribution >= 0.6 is 0 Å². The summed E-state index contributed by atoms with van der Waals surface area (Å²) in [5.41, 5.74) is 4.12. The highest BCUT2D eigenvalue weighted by Gasteiger charge is 2.19. The van der Waals surface area contributed by atoms with Crippen LogP contribution in [0, 0.1) is 6.92 Å². The maximum atomic E-state index is 5.86. The number of aryl methyl sites for hydroxylation is 1. The number of nitrogens with zero attached hydrogens (tertiary/aromatic N) is 1. The van der Waals surface area contributed by atoms with E-state index in [1.54, 1.807) is 7.11 Å². The Bertz CT molecular complexity index is 655. The summed E-state index contributed by atoms with van der Waals surface area (Å²) in [5, 5.41) is 3.44. The van der Waals surface area contributed by atoms with E-state index in [9.17, 15) is 0 Å². The zero-order chi connectivity index (χ0) is 14.8. The van der Waals surface area contributed by atoms with E-state index in [0.29, 0.717) is 6.61 Å². The summed E-state index contributed by atoms with van der Waals surface area (Å²) in [5.74, 6) is 1.76. The summed E-state index contributed by atoms with van der Waals surface area (Å²) < 4.78 is 11.4. The molecule has 0 unspecified atom stereocenters. The molecular weight excluding hydrogens is 264 g/mol. The van der Waals surface area contributed by atoms with Crippen molar-refractivity contribution in [2.45, 2.75) is 6.92 Å². The highest BCUT2D eigenvalue weighted by atomic mass is 16.5. The number of hydrogen-bond donors (Lipinski definition) is 1. The molecule has 0 aliphatic carbocycles. The summed E-state index contributed by atoms with van der Waals surface area (Å²) >= 11 is 0. The summed E-state index contributed by atoms with van der Waals surface area (Å²) in [6.45, 7) is 3.64. The molecule has 0 atom stereocenters. The number of fused-ring (bicyclic) bond motifs is 1. The minimum atomic E-state index is 0.702. The first kappa shape index (κ1) is 13.6. The van der Waals surface area contributed by atoms with Crippen molar-refractivity contribution in [1.82, 2.24) is 0 Å². The van der Waals surface area contributed by atoms with Gasteiger partial charge in [-0.05, 0) is 30.7 Å². The molecule has 3 rings (SSSR count). The fourth-order valence-corrected chi connectivity index (χ4v) is 2.65. The van der Waals surface area contributed by atoms with Gasteiger partial charge in [0.15, 0.2) is 5.75 Å². The van der Waals surface area contributed by atoms with Crippen LogP contribution in [0.15, 0.2) is 36.4 Å². The van der Waals surface area contributed by atoms with Crippen molar-refractivity contribution in [2.75, 3.05) is 37.5 Å². The number of nitrogens with one attached hydrogen (secondary N) is 1. The fraction of sp³-hybridized carbons (Fsp3) is 0.294. The number of hydrogen-bond acceptors (Lipinski definition) is 4. The van der Waals surface area contributed by atoms with Crippen LogP contribution in [-0.2, 0) is 0 Å². The van der Waals surface area contributed by atoms with Crippen molar-refractivity contribution < 1.29 is 9.47 Å². The quantitative estimate of drug-likeness (QED) is 0.934. The van der Waals surface area contributed by atoms with Crippen LogP contribution in [0.25, 0.3) is 0 Å². The Morgan fingerprint density at radius 3 is 2.71 bits per heavy atom. The third kappa shape index (κ3) is 2.49. The highest BCUT2D eigenvalue weighted by molar-refractivity contribution is 5.78. The lowest BCUT2D eigenvalue weighted by Crippen LogP contribution is -2.29. The standard InChI is InChI=1S/C17H20N2O2/c1-12-6-4-7-13(16(12)20-3)18-14-8-5-9-15-17(14)21-11-10-19(15)2/h4-9,18H,10-11H2,1-3H3. The predicted octanol–water partition coefficient (Wildman–Crippen LogP) is 3.58. The van der Waals surface area contributed by atoms with Crippen molar-refractivity contribution in [1.29, 1.82) is 0 Å². The average Bonchev–Trinajstić information content (AvgIpc) is 2.49. The number of rotatable bonds is 3. The normalized spacial score (nSPS) is 13.4. The Morgan fingerprint density at radius 1 is 1.14 bits per heavy atom. The molecule has 0 amide bonds. The van der Waals surface area contributed by atoms with E-state index in [0.717, 1.165) is 40.7 Å². The van der Waals surface area contributed by atoms with Crippen molar-refractivity contribution >= 4 is 17.1 Å². The fourth-order valence-electron chi connectivity index (χ4n) is 2.65. The molecule has 4 heteroatoms. The molecule has 0 radical (unpaired) electrons. The zero-order valence-electron chi connectivity index (χ0n) is 12.6. The van der Waals surface area contributed by atoms with Gasteiger partial charge in [-0.1, -0.05) is 18.2 Å². The van der Waals surface area contributed by atoms with Gasteiger partial charge in [0, 0.05) is 7.05 Å². The van der Waals surface area contributed by atoms with E-state index in [1.807, 2.05) is 37.3 Å². The zero-order valence-corrected chi connectivity index (χ0v) is 12.6. The van der Waals surface area contributed by atoms with Gasteiger partial charge in [-0.2, -0.15) is 0 Å². The van der Waals surface area contributed by atoms with Gasteiger partial charge in [-0.25, -0.2) is 0 Å². The largest absolute Gasteiger partial charge is 0.494 e. The maximum Gasteiger partial charge on any atom is 0.166 e.